The van der Waals surface area contributed by atoms with Crippen LogP contribution in [-0.2, 0) is 6.54 Å². The van der Waals surface area contributed by atoms with E-state index < -0.39 is 0 Å². The van der Waals surface area contributed by atoms with E-state index in [1.807, 2.05) is 6.07 Å². The number of hydrogen-bond acceptors (Lipinski definition) is 2. The van der Waals surface area contributed by atoms with Crippen LogP contribution in [0.5, 0.6) is 5.75 Å². The van der Waals surface area contributed by atoms with Crippen LogP contribution < -0.4 is 15.4 Å². The average Bonchev–Trinajstić information content (AvgIpc) is 2.48. The first-order chi connectivity index (χ1) is 10.5. The van der Waals surface area contributed by atoms with Gasteiger partial charge in [-0.1, -0.05) is 33.6 Å². The van der Waals surface area contributed by atoms with Gasteiger partial charge in [0.2, 0.25) is 0 Å². The highest BCUT2D eigenvalue weighted by Gasteiger charge is 2.06. The summed E-state index contributed by atoms with van der Waals surface area (Å²) in [6, 6.07) is 10.2. The zero-order chi connectivity index (χ0) is 16.1. The van der Waals surface area contributed by atoms with Gasteiger partial charge in [-0.3, -0.25) is 0 Å². The predicted molar refractivity (Wildman–Crippen MR) is 95.2 cm³/mol. The van der Waals surface area contributed by atoms with E-state index in [0.717, 1.165) is 5.56 Å². The topological polar surface area (TPSA) is 33.3 Å². The maximum Gasteiger partial charge on any atom is 0.171 e. The second kappa shape index (κ2) is 7.76. The summed E-state index contributed by atoms with van der Waals surface area (Å²) in [4.78, 5) is 0. The molecule has 0 aromatic heterocycles. The molecule has 0 fully saturated rings. The van der Waals surface area contributed by atoms with Gasteiger partial charge >= 0.3 is 0 Å². The lowest BCUT2D eigenvalue weighted by atomic mass is 10.2. The summed E-state index contributed by atoms with van der Waals surface area (Å²) >= 11 is 14.4. The predicted octanol–water partition coefficient (Wildman–Crippen LogP) is 4.74. The second-order valence-electron chi connectivity index (χ2n) is 4.40. The summed E-state index contributed by atoms with van der Waals surface area (Å²) in [6.45, 7) is 0.466. The van der Waals surface area contributed by atoms with Crippen LogP contribution in [0.3, 0.4) is 0 Å². The molecule has 0 radical (unpaired) electrons. The number of nitrogens with one attached hydrogen (secondary N) is 2. The van der Waals surface area contributed by atoms with Crippen LogP contribution in [0, 0.1) is 5.82 Å². The summed E-state index contributed by atoms with van der Waals surface area (Å²) in [7, 11) is 1.56. The largest absolute Gasteiger partial charge is 0.495 e. The Hall–Kier alpha value is -1.37. The van der Waals surface area contributed by atoms with Crippen molar-refractivity contribution < 1.29 is 9.13 Å². The summed E-state index contributed by atoms with van der Waals surface area (Å²) in [6.07, 6.45) is 0. The van der Waals surface area contributed by atoms with Crippen molar-refractivity contribution in [1.29, 1.82) is 0 Å². The van der Waals surface area contributed by atoms with Crippen LogP contribution in [-0.4, -0.2) is 12.2 Å². The van der Waals surface area contributed by atoms with Crippen LogP contribution in [0.2, 0.25) is 5.02 Å². The van der Waals surface area contributed by atoms with Gasteiger partial charge in [-0.2, -0.15) is 0 Å². The molecule has 2 aromatic rings. The Balaban J connectivity index is 1.94. The quantitative estimate of drug-likeness (QED) is 0.723. The van der Waals surface area contributed by atoms with Crippen molar-refractivity contribution in [2.45, 2.75) is 6.54 Å². The van der Waals surface area contributed by atoms with Gasteiger partial charge in [-0.15, -0.1) is 0 Å². The van der Waals surface area contributed by atoms with E-state index in [-0.39, 0.29) is 5.82 Å². The third-order valence-electron chi connectivity index (χ3n) is 2.85. The van der Waals surface area contributed by atoms with E-state index in [0.29, 0.717) is 32.6 Å². The lowest BCUT2D eigenvalue weighted by molar-refractivity contribution is 0.415. The maximum absolute atomic E-state index is 13.7. The fourth-order valence-corrected chi connectivity index (χ4v) is 2.56. The standard InChI is InChI=1S/C15H13BrClFN2OS/c1-21-14-5-2-9(6-11(14)17)8-19-15(22)20-13-4-3-10(16)7-12(13)18/h2-7H,8H2,1H3,(H2,19,20,22). The van der Waals surface area contributed by atoms with Crippen LogP contribution in [0.4, 0.5) is 10.1 Å². The molecule has 0 unspecified atom stereocenters. The van der Waals surface area contributed by atoms with E-state index in [2.05, 4.69) is 26.6 Å². The highest BCUT2D eigenvalue weighted by molar-refractivity contribution is 9.10. The third kappa shape index (κ3) is 4.56. The molecule has 2 rings (SSSR count). The average molecular weight is 404 g/mol. The van der Waals surface area contributed by atoms with Crippen molar-refractivity contribution in [2.24, 2.45) is 0 Å². The van der Waals surface area contributed by atoms with Crippen molar-refractivity contribution in [3.05, 3.63) is 57.3 Å². The van der Waals surface area contributed by atoms with Gasteiger partial charge in [-0.05, 0) is 48.1 Å². The Morgan fingerprint density at radius 1 is 1.32 bits per heavy atom. The molecule has 0 saturated heterocycles. The SMILES string of the molecule is COc1ccc(CNC(=S)Nc2ccc(Br)cc2F)cc1Cl. The molecular weight excluding hydrogens is 391 g/mol. The minimum absolute atomic E-state index is 0.313. The number of rotatable bonds is 4. The molecular formula is C15H13BrClFN2OS. The van der Waals surface area contributed by atoms with E-state index >= 15 is 0 Å². The molecule has 0 heterocycles. The second-order valence-corrected chi connectivity index (χ2v) is 6.13. The molecule has 3 nitrogen and oxygen atoms in total. The van der Waals surface area contributed by atoms with Crippen molar-refractivity contribution in [2.75, 3.05) is 12.4 Å². The molecule has 0 aliphatic carbocycles. The van der Waals surface area contributed by atoms with Crippen LogP contribution in [0.15, 0.2) is 40.9 Å². The molecule has 22 heavy (non-hydrogen) atoms. The van der Waals surface area contributed by atoms with Gasteiger partial charge in [-0.25, -0.2) is 4.39 Å². The van der Waals surface area contributed by atoms with Gasteiger partial charge in [0.1, 0.15) is 11.6 Å². The van der Waals surface area contributed by atoms with Crippen molar-refractivity contribution in [1.82, 2.24) is 5.32 Å². The summed E-state index contributed by atoms with van der Waals surface area (Å²) in [5, 5.41) is 6.66. The number of ether oxygens (including phenoxy) is 1. The van der Waals surface area contributed by atoms with Gasteiger partial charge in [0.15, 0.2) is 5.11 Å². The van der Waals surface area contributed by atoms with Crippen molar-refractivity contribution in [3.63, 3.8) is 0 Å². The molecule has 0 amide bonds. The molecule has 2 aromatic carbocycles. The smallest absolute Gasteiger partial charge is 0.171 e. The third-order valence-corrected chi connectivity index (χ3v) is 3.88. The van der Waals surface area contributed by atoms with Gasteiger partial charge in [0, 0.05) is 11.0 Å². The minimum Gasteiger partial charge on any atom is -0.495 e. The van der Waals surface area contributed by atoms with E-state index in [1.165, 1.54) is 6.07 Å². The molecule has 7 heteroatoms. The number of methoxy groups -OCH3 is 1. The first-order valence-corrected chi connectivity index (χ1v) is 7.90. The van der Waals surface area contributed by atoms with Crippen molar-refractivity contribution in [3.8, 4) is 5.75 Å². The monoisotopic (exact) mass is 402 g/mol. The molecule has 2 N–H and O–H groups in total. The maximum atomic E-state index is 13.7. The summed E-state index contributed by atoms with van der Waals surface area (Å²) < 4.78 is 19.5. The molecule has 0 atom stereocenters. The fourth-order valence-electron chi connectivity index (χ4n) is 1.76. The van der Waals surface area contributed by atoms with Crippen molar-refractivity contribution >= 4 is 50.5 Å². The Morgan fingerprint density at radius 2 is 2.09 bits per heavy atom. The number of halogens is 3. The molecule has 0 aliphatic heterocycles. The highest BCUT2D eigenvalue weighted by atomic mass is 79.9. The van der Waals surface area contributed by atoms with Gasteiger partial charge in [0.05, 0.1) is 17.8 Å². The first kappa shape index (κ1) is 17.0. The minimum atomic E-state index is -0.383. The number of benzene rings is 2. The highest BCUT2D eigenvalue weighted by Crippen LogP contribution is 2.25. The fraction of sp³-hybridized carbons (Fsp3) is 0.133. The van der Waals surface area contributed by atoms with Gasteiger partial charge in [0.25, 0.3) is 0 Å². The number of thiocarbonyl (C=S) groups is 1. The van der Waals surface area contributed by atoms with Gasteiger partial charge < -0.3 is 15.4 Å². The van der Waals surface area contributed by atoms with Crippen LogP contribution >= 0.6 is 39.7 Å². The van der Waals surface area contributed by atoms with E-state index in [4.69, 9.17) is 28.6 Å². The molecule has 0 bridgehead atoms. The number of hydrogen-bond donors (Lipinski definition) is 2. The summed E-state index contributed by atoms with van der Waals surface area (Å²) in [5.41, 5.74) is 1.25. The Morgan fingerprint density at radius 3 is 2.73 bits per heavy atom. The molecule has 0 spiro atoms. The van der Waals surface area contributed by atoms with Crippen LogP contribution in [0.25, 0.3) is 0 Å². The lowest BCUT2D eigenvalue weighted by Crippen LogP contribution is -2.28. The lowest BCUT2D eigenvalue weighted by Gasteiger charge is -2.12. The Labute approximate surface area is 146 Å². The Kier molecular flexibility index (Phi) is 5.99. The van der Waals surface area contributed by atoms with Crippen LogP contribution in [0.1, 0.15) is 5.56 Å². The summed E-state index contributed by atoms with van der Waals surface area (Å²) in [5.74, 6) is 0.231. The zero-order valence-corrected chi connectivity index (χ0v) is 14.8. The Bertz CT molecular complexity index is 699. The van der Waals surface area contributed by atoms with E-state index in [9.17, 15) is 4.39 Å². The molecule has 0 saturated carbocycles. The normalized spacial score (nSPS) is 10.2. The molecule has 0 aliphatic rings. The molecule has 116 valence electrons. The first-order valence-electron chi connectivity index (χ1n) is 6.32. The number of anilines is 1. The van der Waals surface area contributed by atoms with E-state index in [1.54, 1.807) is 31.4 Å². The zero-order valence-electron chi connectivity index (χ0n) is 11.6.